The Bertz CT molecular complexity index is 597. The average Bonchev–Trinajstić information content (AvgIpc) is 2.92. The maximum absolute atomic E-state index is 12.2. The van der Waals surface area contributed by atoms with Crippen molar-refractivity contribution in [3.05, 3.63) is 18.0 Å². The summed E-state index contributed by atoms with van der Waals surface area (Å²) in [4.78, 5) is 11.2. The molecule has 1 N–H and O–H groups in total. The van der Waals surface area contributed by atoms with Crippen LogP contribution in [0.25, 0.3) is 0 Å². The third kappa shape index (κ3) is 1.74. The molecule has 0 amide bonds. The van der Waals surface area contributed by atoms with Crippen molar-refractivity contribution in [3.63, 3.8) is 0 Å². The second-order valence-electron chi connectivity index (χ2n) is 4.76. The van der Waals surface area contributed by atoms with Crippen LogP contribution in [-0.4, -0.2) is 41.5 Å². The first-order chi connectivity index (χ1) is 8.50. The van der Waals surface area contributed by atoms with Crippen LogP contribution in [0, 0.1) is 0 Å². The molecule has 2 heterocycles. The Morgan fingerprint density at radius 2 is 2.00 bits per heavy atom. The van der Waals surface area contributed by atoms with E-state index >= 15 is 0 Å². The van der Waals surface area contributed by atoms with E-state index < -0.39 is 16.0 Å². The third-order valence-electron chi connectivity index (χ3n) is 3.44. The minimum atomic E-state index is -3.49. The van der Waals surface area contributed by atoms with E-state index in [1.54, 1.807) is 4.57 Å². The molecular formula is C11H14N2O4S. The number of carboxylic acids is 1. The topological polar surface area (TPSA) is 79.6 Å². The second kappa shape index (κ2) is 3.83. The van der Waals surface area contributed by atoms with Crippen LogP contribution in [-0.2, 0) is 10.0 Å². The van der Waals surface area contributed by atoms with E-state index in [2.05, 4.69) is 0 Å². The molecule has 0 unspecified atom stereocenters. The minimum Gasteiger partial charge on any atom is -0.477 e. The number of nitrogens with zero attached hydrogens (tertiary/aromatic N) is 2. The van der Waals surface area contributed by atoms with Crippen molar-refractivity contribution in [1.29, 1.82) is 0 Å². The van der Waals surface area contributed by atoms with Gasteiger partial charge in [0, 0.05) is 25.3 Å². The van der Waals surface area contributed by atoms with Crippen LogP contribution in [0.4, 0.5) is 0 Å². The van der Waals surface area contributed by atoms with Crippen LogP contribution in [0.2, 0.25) is 0 Å². The van der Waals surface area contributed by atoms with Crippen molar-refractivity contribution in [2.45, 2.75) is 30.2 Å². The summed E-state index contributed by atoms with van der Waals surface area (Å²) in [6.45, 7) is 1.05. The molecule has 7 heteroatoms. The lowest BCUT2D eigenvalue weighted by molar-refractivity contribution is 0.0685. The summed E-state index contributed by atoms with van der Waals surface area (Å²) >= 11 is 0. The van der Waals surface area contributed by atoms with Gasteiger partial charge in [0.1, 0.15) is 10.6 Å². The molecule has 0 radical (unpaired) electrons. The molecule has 18 heavy (non-hydrogen) atoms. The van der Waals surface area contributed by atoms with Gasteiger partial charge in [-0.15, -0.1) is 0 Å². The molecule has 6 nitrogen and oxygen atoms in total. The van der Waals surface area contributed by atoms with Crippen molar-refractivity contribution in [3.8, 4) is 0 Å². The van der Waals surface area contributed by atoms with Crippen molar-refractivity contribution in [2.75, 3.05) is 13.1 Å². The SMILES string of the molecule is O=C(O)c1cc(S(=O)(=O)N2CCC2)cn1C1CC1. The van der Waals surface area contributed by atoms with Gasteiger partial charge in [0.15, 0.2) is 0 Å². The first-order valence-electron chi connectivity index (χ1n) is 5.95. The van der Waals surface area contributed by atoms with Gasteiger partial charge >= 0.3 is 5.97 Å². The highest BCUT2D eigenvalue weighted by atomic mass is 32.2. The summed E-state index contributed by atoms with van der Waals surface area (Å²) in [6.07, 6.45) is 4.17. The van der Waals surface area contributed by atoms with Crippen molar-refractivity contribution < 1.29 is 18.3 Å². The maximum Gasteiger partial charge on any atom is 0.352 e. The van der Waals surface area contributed by atoms with Crippen molar-refractivity contribution in [1.82, 2.24) is 8.87 Å². The second-order valence-corrected chi connectivity index (χ2v) is 6.70. The van der Waals surface area contributed by atoms with Gasteiger partial charge in [0.05, 0.1) is 0 Å². The van der Waals surface area contributed by atoms with Gasteiger partial charge in [0.25, 0.3) is 0 Å². The Morgan fingerprint density at radius 1 is 1.33 bits per heavy atom. The Hall–Kier alpha value is -1.34. The lowest BCUT2D eigenvalue weighted by Crippen LogP contribution is -2.41. The molecule has 1 aliphatic carbocycles. The van der Waals surface area contributed by atoms with Gasteiger partial charge in [-0.05, 0) is 25.3 Å². The van der Waals surface area contributed by atoms with E-state index in [4.69, 9.17) is 5.11 Å². The predicted molar refractivity (Wildman–Crippen MR) is 63.0 cm³/mol. The molecule has 0 spiro atoms. The molecule has 0 atom stereocenters. The molecule has 3 rings (SSSR count). The van der Waals surface area contributed by atoms with Crippen LogP contribution in [0.5, 0.6) is 0 Å². The Labute approximate surface area is 105 Å². The minimum absolute atomic E-state index is 0.0663. The number of aromatic carboxylic acids is 1. The van der Waals surface area contributed by atoms with Gasteiger partial charge in [-0.2, -0.15) is 4.31 Å². The number of carboxylic acid groups (broad SMARTS) is 1. The molecule has 1 aliphatic heterocycles. The van der Waals surface area contributed by atoms with E-state index in [1.807, 2.05) is 0 Å². The van der Waals surface area contributed by atoms with E-state index in [9.17, 15) is 13.2 Å². The predicted octanol–water partition coefficient (Wildman–Crippen LogP) is 0.916. The summed E-state index contributed by atoms with van der Waals surface area (Å²) in [5.74, 6) is -1.08. The van der Waals surface area contributed by atoms with Gasteiger partial charge < -0.3 is 9.67 Å². The van der Waals surface area contributed by atoms with Crippen LogP contribution in [0.15, 0.2) is 17.2 Å². The highest BCUT2D eigenvalue weighted by molar-refractivity contribution is 7.89. The molecular weight excluding hydrogens is 256 g/mol. The fraction of sp³-hybridized carbons (Fsp3) is 0.545. The van der Waals surface area contributed by atoms with Gasteiger partial charge in [-0.3, -0.25) is 0 Å². The van der Waals surface area contributed by atoms with Crippen LogP contribution >= 0.6 is 0 Å². The Morgan fingerprint density at radius 3 is 2.44 bits per heavy atom. The van der Waals surface area contributed by atoms with Crippen molar-refractivity contribution >= 4 is 16.0 Å². The summed E-state index contributed by atoms with van der Waals surface area (Å²) in [5, 5.41) is 9.10. The number of carbonyl (C=O) groups is 1. The zero-order chi connectivity index (χ0) is 12.9. The molecule has 98 valence electrons. The standard InChI is InChI=1S/C11H14N2O4S/c14-11(15)10-6-9(7-13(10)8-2-3-8)18(16,17)12-4-1-5-12/h6-8H,1-5H2,(H,14,15). The number of hydrogen-bond donors (Lipinski definition) is 1. The van der Waals surface area contributed by atoms with E-state index in [0.29, 0.717) is 13.1 Å². The average molecular weight is 270 g/mol. The first kappa shape index (κ1) is 11.7. The number of sulfonamides is 1. The lowest BCUT2D eigenvalue weighted by atomic mass is 10.3. The van der Waals surface area contributed by atoms with E-state index in [1.165, 1.54) is 16.6 Å². The van der Waals surface area contributed by atoms with E-state index in [0.717, 1.165) is 19.3 Å². The largest absolute Gasteiger partial charge is 0.477 e. The van der Waals surface area contributed by atoms with Crippen molar-refractivity contribution in [2.24, 2.45) is 0 Å². The van der Waals surface area contributed by atoms with Crippen LogP contribution < -0.4 is 0 Å². The normalized spacial score (nSPS) is 20.7. The summed E-state index contributed by atoms with van der Waals surface area (Å²) in [7, 11) is -3.49. The highest BCUT2D eigenvalue weighted by Gasteiger charge is 2.34. The maximum atomic E-state index is 12.2. The molecule has 1 saturated heterocycles. The number of hydrogen-bond acceptors (Lipinski definition) is 3. The number of aromatic nitrogens is 1. The zero-order valence-corrected chi connectivity index (χ0v) is 10.6. The fourth-order valence-electron chi connectivity index (χ4n) is 2.10. The highest BCUT2D eigenvalue weighted by Crippen LogP contribution is 2.37. The molecule has 1 saturated carbocycles. The quantitative estimate of drug-likeness (QED) is 0.882. The van der Waals surface area contributed by atoms with Crippen LogP contribution in [0.1, 0.15) is 35.8 Å². The van der Waals surface area contributed by atoms with Gasteiger partial charge in [-0.25, -0.2) is 13.2 Å². The third-order valence-corrected chi connectivity index (χ3v) is 5.30. The molecule has 1 aromatic heterocycles. The Balaban J connectivity index is 2.02. The molecule has 0 bridgehead atoms. The summed E-state index contributed by atoms with van der Waals surface area (Å²) < 4.78 is 27.3. The van der Waals surface area contributed by atoms with E-state index in [-0.39, 0.29) is 16.6 Å². The smallest absolute Gasteiger partial charge is 0.352 e. The van der Waals surface area contributed by atoms with Crippen LogP contribution in [0.3, 0.4) is 0 Å². The summed E-state index contributed by atoms with van der Waals surface area (Å²) in [6, 6.07) is 1.42. The molecule has 2 fully saturated rings. The first-order valence-corrected chi connectivity index (χ1v) is 7.39. The molecule has 2 aliphatic rings. The number of rotatable bonds is 4. The van der Waals surface area contributed by atoms with Gasteiger partial charge in [0.2, 0.25) is 10.0 Å². The summed E-state index contributed by atoms with van der Waals surface area (Å²) in [5.41, 5.74) is 0.0663. The fourth-order valence-corrected chi connectivity index (χ4v) is 3.64. The molecule has 1 aromatic rings. The van der Waals surface area contributed by atoms with Gasteiger partial charge in [-0.1, -0.05) is 0 Å². The Kier molecular flexibility index (Phi) is 2.49. The lowest BCUT2D eigenvalue weighted by Gasteiger charge is -2.29. The zero-order valence-electron chi connectivity index (χ0n) is 9.74. The monoisotopic (exact) mass is 270 g/mol. The molecule has 0 aromatic carbocycles.